The van der Waals surface area contributed by atoms with Crippen molar-refractivity contribution in [2.75, 3.05) is 11.5 Å². The first-order valence-corrected chi connectivity index (χ1v) is 10.8. The summed E-state index contributed by atoms with van der Waals surface area (Å²) < 4.78 is 1.80. The zero-order chi connectivity index (χ0) is 22.6. The summed E-state index contributed by atoms with van der Waals surface area (Å²) in [6.07, 6.45) is 4.21. The molecule has 3 aromatic heterocycles. The fourth-order valence-corrected chi connectivity index (χ4v) is 4.68. The number of hydrogen-bond acceptors (Lipinski definition) is 7. The molecule has 1 aliphatic carbocycles. The fraction of sp³-hybridized carbons (Fsp3) is 0.227. The van der Waals surface area contributed by atoms with Crippen molar-refractivity contribution < 1.29 is 10.2 Å². The second kappa shape index (κ2) is 7.90. The smallest absolute Gasteiger partial charge is 0.146 e. The van der Waals surface area contributed by atoms with Crippen molar-refractivity contribution in [3.8, 4) is 0 Å². The number of anilines is 2. The van der Waals surface area contributed by atoms with Gasteiger partial charge in [0.15, 0.2) is 0 Å². The molecule has 0 fully saturated rings. The number of halogens is 2. The highest BCUT2D eigenvalue weighted by Crippen LogP contribution is 2.35. The molecule has 3 atom stereocenters. The molecule has 1 aromatic carbocycles. The molecule has 0 spiro atoms. The minimum atomic E-state index is -0.999. The van der Waals surface area contributed by atoms with E-state index < -0.39 is 18.2 Å². The van der Waals surface area contributed by atoms with Crippen LogP contribution < -0.4 is 11.5 Å². The van der Waals surface area contributed by atoms with Gasteiger partial charge < -0.3 is 26.2 Å². The second-order valence-corrected chi connectivity index (χ2v) is 8.70. The number of aromatic nitrogens is 4. The van der Waals surface area contributed by atoms with Gasteiger partial charge in [0.25, 0.3) is 0 Å². The predicted molar refractivity (Wildman–Crippen MR) is 126 cm³/mol. The van der Waals surface area contributed by atoms with Crippen LogP contribution in [0.2, 0.25) is 10.0 Å². The van der Waals surface area contributed by atoms with Crippen molar-refractivity contribution in [3.05, 3.63) is 64.0 Å². The van der Waals surface area contributed by atoms with E-state index in [1.807, 2.05) is 18.2 Å². The highest BCUT2D eigenvalue weighted by Gasteiger charge is 2.36. The molecule has 0 radical (unpaired) electrons. The van der Waals surface area contributed by atoms with Gasteiger partial charge in [-0.3, -0.25) is 0 Å². The Hall–Kier alpha value is -2.91. The molecular weight excluding hydrogens is 451 g/mol. The number of nitrogens with zero attached hydrogens (tertiary/aromatic N) is 4. The van der Waals surface area contributed by atoms with Crippen molar-refractivity contribution in [3.63, 3.8) is 0 Å². The van der Waals surface area contributed by atoms with E-state index >= 15 is 0 Å². The van der Waals surface area contributed by atoms with Gasteiger partial charge in [-0.1, -0.05) is 29.3 Å². The minimum Gasteiger partial charge on any atom is -0.388 e. The first-order chi connectivity index (χ1) is 15.3. The molecule has 0 saturated carbocycles. The molecule has 0 unspecified atom stereocenters. The molecule has 1 aliphatic rings. The van der Waals surface area contributed by atoms with Gasteiger partial charge in [0, 0.05) is 11.6 Å². The maximum atomic E-state index is 10.7. The molecule has 3 heterocycles. The fourth-order valence-electron chi connectivity index (χ4n) is 4.24. The molecule has 5 rings (SSSR count). The van der Waals surface area contributed by atoms with Crippen molar-refractivity contribution in [2.45, 2.75) is 31.1 Å². The number of aryl methyl sites for hydroxylation is 1. The van der Waals surface area contributed by atoms with Crippen LogP contribution in [0.5, 0.6) is 0 Å². The summed E-state index contributed by atoms with van der Waals surface area (Å²) in [6.45, 7) is 0. The molecule has 8 nitrogen and oxygen atoms in total. The van der Waals surface area contributed by atoms with Crippen LogP contribution in [0.3, 0.4) is 0 Å². The number of pyridine rings is 1. The summed E-state index contributed by atoms with van der Waals surface area (Å²) in [6, 6.07) is 6.80. The molecule has 0 amide bonds. The lowest BCUT2D eigenvalue weighted by Crippen LogP contribution is -2.29. The summed E-state index contributed by atoms with van der Waals surface area (Å²) in [5, 5.41) is 23.7. The largest absolute Gasteiger partial charge is 0.388 e. The third-order valence-corrected chi connectivity index (χ3v) is 6.54. The number of benzene rings is 1. The maximum absolute atomic E-state index is 10.7. The minimum absolute atomic E-state index is 0.246. The third kappa shape index (κ3) is 3.45. The first-order valence-electron chi connectivity index (χ1n) is 10.0. The van der Waals surface area contributed by atoms with Crippen molar-refractivity contribution >= 4 is 56.8 Å². The van der Waals surface area contributed by atoms with Crippen LogP contribution in [0, 0.1) is 0 Å². The Labute approximate surface area is 193 Å². The van der Waals surface area contributed by atoms with Gasteiger partial charge >= 0.3 is 0 Å². The molecule has 10 heteroatoms. The van der Waals surface area contributed by atoms with Gasteiger partial charge in [0.1, 0.15) is 35.8 Å². The van der Waals surface area contributed by atoms with E-state index in [-0.39, 0.29) is 5.82 Å². The maximum Gasteiger partial charge on any atom is 0.146 e. The topological polar surface area (TPSA) is 136 Å². The molecule has 0 bridgehead atoms. The average molecular weight is 471 g/mol. The Morgan fingerprint density at radius 1 is 0.969 bits per heavy atom. The van der Waals surface area contributed by atoms with E-state index in [2.05, 4.69) is 15.0 Å². The number of hydrogen-bond donors (Lipinski definition) is 4. The first kappa shape index (κ1) is 21.0. The van der Waals surface area contributed by atoms with E-state index in [0.29, 0.717) is 45.3 Å². The van der Waals surface area contributed by atoms with Gasteiger partial charge in [0.05, 0.1) is 27.0 Å². The molecule has 164 valence electrons. The Morgan fingerprint density at radius 3 is 2.59 bits per heavy atom. The van der Waals surface area contributed by atoms with Crippen LogP contribution in [-0.4, -0.2) is 41.9 Å². The van der Waals surface area contributed by atoms with Crippen LogP contribution in [0.15, 0.2) is 48.4 Å². The van der Waals surface area contributed by atoms with Gasteiger partial charge in [-0.25, -0.2) is 15.0 Å². The summed E-state index contributed by atoms with van der Waals surface area (Å²) in [5.41, 5.74) is 14.7. The lowest BCUT2D eigenvalue weighted by molar-refractivity contribution is 0.0317. The summed E-state index contributed by atoms with van der Waals surface area (Å²) in [5.74, 6) is 0.616. The monoisotopic (exact) mass is 470 g/mol. The Morgan fingerprint density at radius 2 is 1.78 bits per heavy atom. The van der Waals surface area contributed by atoms with Crippen molar-refractivity contribution in [1.82, 2.24) is 19.5 Å². The van der Waals surface area contributed by atoms with Crippen LogP contribution >= 0.6 is 23.2 Å². The summed E-state index contributed by atoms with van der Waals surface area (Å²) in [4.78, 5) is 12.6. The normalized spacial score (nSPS) is 20.9. The lowest BCUT2D eigenvalue weighted by atomic mass is 10.0. The molecule has 32 heavy (non-hydrogen) atoms. The van der Waals surface area contributed by atoms with Crippen molar-refractivity contribution in [1.29, 1.82) is 0 Å². The van der Waals surface area contributed by atoms with Gasteiger partial charge in [-0.2, -0.15) is 0 Å². The number of fused-ring (bicyclic) bond motifs is 2. The Balaban J connectivity index is 1.42. The quantitative estimate of drug-likeness (QED) is 0.335. The number of aliphatic hydroxyl groups excluding tert-OH is 2. The number of nitrogen functional groups attached to an aromatic ring is 2. The SMILES string of the molecule is Nc1nc2cc(CCC3=C[C@@H](n4ccc5c(N)ncnc54)[C@H](O)[C@@H]3O)cc(Cl)c2cc1Cl. The zero-order valence-electron chi connectivity index (χ0n) is 16.8. The van der Waals surface area contributed by atoms with Crippen molar-refractivity contribution in [2.24, 2.45) is 0 Å². The van der Waals surface area contributed by atoms with E-state index in [0.717, 1.165) is 16.5 Å². The Bertz CT molecular complexity index is 1390. The summed E-state index contributed by atoms with van der Waals surface area (Å²) in [7, 11) is 0. The number of aliphatic hydroxyl groups is 2. The Kier molecular flexibility index (Phi) is 5.17. The van der Waals surface area contributed by atoms with Crippen LogP contribution in [0.1, 0.15) is 18.0 Å². The van der Waals surface area contributed by atoms with Gasteiger partial charge in [0.2, 0.25) is 0 Å². The van der Waals surface area contributed by atoms with Gasteiger partial charge in [-0.15, -0.1) is 0 Å². The number of rotatable bonds is 4. The molecule has 0 saturated heterocycles. The van der Waals surface area contributed by atoms with E-state index in [1.165, 1.54) is 6.33 Å². The molecular formula is C22H20Cl2N6O2. The van der Waals surface area contributed by atoms with E-state index in [4.69, 9.17) is 34.7 Å². The van der Waals surface area contributed by atoms with Crippen LogP contribution in [0.4, 0.5) is 11.6 Å². The average Bonchev–Trinajstić information content (AvgIpc) is 3.31. The van der Waals surface area contributed by atoms with Gasteiger partial charge in [-0.05, 0) is 48.2 Å². The number of nitrogens with two attached hydrogens (primary N) is 2. The highest BCUT2D eigenvalue weighted by atomic mass is 35.5. The zero-order valence-corrected chi connectivity index (χ0v) is 18.3. The van der Waals surface area contributed by atoms with Crippen LogP contribution in [0.25, 0.3) is 21.9 Å². The lowest BCUT2D eigenvalue weighted by Gasteiger charge is -2.19. The van der Waals surface area contributed by atoms with Crippen LogP contribution in [-0.2, 0) is 6.42 Å². The van der Waals surface area contributed by atoms with E-state index in [9.17, 15) is 10.2 Å². The molecule has 4 aromatic rings. The second-order valence-electron chi connectivity index (χ2n) is 7.89. The molecule has 6 N–H and O–H groups in total. The standard InChI is InChI=1S/C22H20Cl2N6O2/c23-14-5-10(6-16-13(14)8-15(24)21(26)29-16)1-2-11-7-17(19(32)18(11)31)30-4-3-12-20(25)27-9-28-22(12)30/h3-9,17-19,31-32H,1-2H2,(H2,26,29)(H2,25,27,28)/t17-,18-,19+/m1/s1. The van der Waals surface area contributed by atoms with E-state index in [1.54, 1.807) is 22.9 Å². The summed E-state index contributed by atoms with van der Waals surface area (Å²) >= 11 is 12.5. The molecule has 0 aliphatic heterocycles. The predicted octanol–water partition coefficient (Wildman–Crippen LogP) is 3.29. The third-order valence-electron chi connectivity index (χ3n) is 5.93. The highest BCUT2D eigenvalue weighted by molar-refractivity contribution is 6.37.